The smallest absolute Gasteiger partial charge is 0.330 e. The number of benzene rings is 3. The first kappa shape index (κ1) is 24.8. The molecule has 0 radical (unpaired) electrons. The molecule has 4 atom stereocenters. The predicted molar refractivity (Wildman–Crippen MR) is 140 cm³/mol. The third-order valence-electron chi connectivity index (χ3n) is 7.94. The van der Waals surface area contributed by atoms with E-state index in [4.69, 9.17) is 4.74 Å². The molecule has 6 heteroatoms. The molecule has 0 bridgehead atoms. The molecule has 3 aromatic carbocycles. The van der Waals surface area contributed by atoms with E-state index in [0.29, 0.717) is 11.3 Å². The molecule has 1 saturated carbocycles. The Bertz CT molecular complexity index is 1310. The van der Waals surface area contributed by atoms with Gasteiger partial charge in [-0.3, -0.25) is 9.59 Å². The van der Waals surface area contributed by atoms with Crippen molar-refractivity contribution in [3.05, 3.63) is 101 Å². The van der Waals surface area contributed by atoms with Crippen LogP contribution in [0.15, 0.2) is 78.9 Å². The Kier molecular flexibility index (Phi) is 6.36. The van der Waals surface area contributed by atoms with E-state index in [1.165, 1.54) is 4.90 Å². The monoisotopic (exact) mass is 497 g/mol. The average Bonchev–Trinajstić information content (AvgIpc) is 3.72. The highest BCUT2D eigenvalue weighted by Crippen LogP contribution is 2.57. The van der Waals surface area contributed by atoms with Crippen LogP contribution in [0.5, 0.6) is 5.75 Å². The number of aliphatic carboxylic acids is 1. The number of aryl methyl sites for hydroxylation is 1. The minimum atomic E-state index is -1.62. The molecule has 1 saturated heterocycles. The lowest BCUT2D eigenvalue weighted by Gasteiger charge is -2.38. The van der Waals surface area contributed by atoms with Crippen molar-refractivity contribution in [1.29, 1.82) is 0 Å². The summed E-state index contributed by atoms with van der Waals surface area (Å²) in [5.41, 5.74) is 1.36. The topological polar surface area (TPSA) is 83.9 Å². The minimum absolute atomic E-state index is 0.193. The molecule has 190 valence electrons. The lowest BCUT2D eigenvalue weighted by atomic mass is 9.71. The number of ketones is 1. The van der Waals surface area contributed by atoms with Crippen LogP contribution >= 0.6 is 0 Å². The van der Waals surface area contributed by atoms with Crippen molar-refractivity contribution in [1.82, 2.24) is 4.90 Å². The van der Waals surface area contributed by atoms with E-state index >= 15 is 0 Å². The fourth-order valence-corrected chi connectivity index (χ4v) is 5.82. The second-order valence-electron chi connectivity index (χ2n) is 10.3. The van der Waals surface area contributed by atoms with Crippen LogP contribution in [0.2, 0.25) is 0 Å². The van der Waals surface area contributed by atoms with E-state index in [0.717, 1.165) is 29.5 Å². The van der Waals surface area contributed by atoms with Crippen LogP contribution in [-0.4, -0.2) is 40.3 Å². The number of nitrogens with zero attached hydrogens (tertiary/aromatic N) is 1. The first-order chi connectivity index (χ1) is 17.8. The number of carboxylic acid groups (broad SMARTS) is 1. The molecule has 1 aliphatic heterocycles. The van der Waals surface area contributed by atoms with E-state index in [1.54, 1.807) is 38.3 Å². The average molecular weight is 498 g/mol. The van der Waals surface area contributed by atoms with Crippen LogP contribution in [0.4, 0.5) is 0 Å². The predicted octanol–water partition coefficient (Wildman–Crippen LogP) is 5.42. The number of rotatable bonds is 7. The second-order valence-corrected chi connectivity index (χ2v) is 10.3. The molecule has 0 spiro atoms. The number of ether oxygens (including phenoxy) is 1. The molecule has 1 N–H and O–H groups in total. The Hall–Kier alpha value is -3.93. The van der Waals surface area contributed by atoms with Gasteiger partial charge in [-0.1, -0.05) is 60.2 Å². The zero-order valence-electron chi connectivity index (χ0n) is 21.3. The number of likely N-dealkylation sites (tertiary alicyclic amines) is 1. The van der Waals surface area contributed by atoms with Gasteiger partial charge in [-0.15, -0.1) is 0 Å². The van der Waals surface area contributed by atoms with Gasteiger partial charge in [-0.25, -0.2) is 4.79 Å². The van der Waals surface area contributed by atoms with Crippen molar-refractivity contribution in [3.8, 4) is 5.75 Å². The SMILES string of the molecule is COc1ccc(C(=O)C2C(c3ccc(C)cc3)N(C(=O)C3CC3)C(C)(C(=O)O)C2c2ccccc2)cc1. The van der Waals surface area contributed by atoms with Crippen molar-refractivity contribution < 1.29 is 24.2 Å². The number of methoxy groups -OCH3 is 1. The molecule has 4 unspecified atom stereocenters. The van der Waals surface area contributed by atoms with Gasteiger partial charge < -0.3 is 14.7 Å². The van der Waals surface area contributed by atoms with Gasteiger partial charge in [0.05, 0.1) is 19.1 Å². The summed E-state index contributed by atoms with van der Waals surface area (Å²) in [7, 11) is 1.56. The Morgan fingerprint density at radius 1 is 0.892 bits per heavy atom. The Labute approximate surface area is 216 Å². The maximum absolute atomic E-state index is 14.4. The lowest BCUT2D eigenvalue weighted by molar-refractivity contribution is -0.158. The summed E-state index contributed by atoms with van der Waals surface area (Å²) < 4.78 is 5.27. The van der Waals surface area contributed by atoms with E-state index in [9.17, 15) is 19.5 Å². The third kappa shape index (κ3) is 4.20. The zero-order valence-corrected chi connectivity index (χ0v) is 21.3. The summed E-state index contributed by atoms with van der Waals surface area (Å²) in [5.74, 6) is -2.65. The third-order valence-corrected chi connectivity index (χ3v) is 7.94. The molecule has 2 fully saturated rings. The summed E-state index contributed by atoms with van der Waals surface area (Å²) in [6, 6.07) is 23.1. The highest BCUT2D eigenvalue weighted by molar-refractivity contribution is 6.02. The fourth-order valence-electron chi connectivity index (χ4n) is 5.82. The van der Waals surface area contributed by atoms with Crippen LogP contribution in [0.1, 0.15) is 58.8 Å². The van der Waals surface area contributed by atoms with Crippen molar-refractivity contribution in [2.45, 2.75) is 44.2 Å². The summed E-state index contributed by atoms with van der Waals surface area (Å²) in [5, 5.41) is 10.8. The summed E-state index contributed by atoms with van der Waals surface area (Å²) >= 11 is 0. The molecular weight excluding hydrogens is 466 g/mol. The van der Waals surface area contributed by atoms with Crippen molar-refractivity contribution in [3.63, 3.8) is 0 Å². The van der Waals surface area contributed by atoms with Crippen LogP contribution in [0.25, 0.3) is 0 Å². The molecule has 5 rings (SSSR count). The van der Waals surface area contributed by atoms with E-state index < -0.39 is 29.4 Å². The number of carbonyl (C=O) groups is 3. The normalized spacial score (nSPS) is 25.1. The van der Waals surface area contributed by atoms with Gasteiger partial charge in [-0.05, 0) is 62.1 Å². The lowest BCUT2D eigenvalue weighted by Crippen LogP contribution is -2.54. The Balaban J connectivity index is 1.76. The summed E-state index contributed by atoms with van der Waals surface area (Å²) in [6.45, 7) is 3.58. The molecule has 37 heavy (non-hydrogen) atoms. The van der Waals surface area contributed by atoms with Gasteiger partial charge in [0.2, 0.25) is 5.91 Å². The highest BCUT2D eigenvalue weighted by atomic mass is 16.5. The molecule has 2 aliphatic rings. The molecule has 1 heterocycles. The van der Waals surface area contributed by atoms with Crippen molar-refractivity contribution in [2.75, 3.05) is 7.11 Å². The Morgan fingerprint density at radius 3 is 2.05 bits per heavy atom. The largest absolute Gasteiger partial charge is 0.497 e. The maximum Gasteiger partial charge on any atom is 0.330 e. The van der Waals surface area contributed by atoms with Crippen LogP contribution < -0.4 is 4.74 Å². The number of Topliss-reactive ketones (excluding diaryl/α,β-unsaturated/α-hetero) is 1. The van der Waals surface area contributed by atoms with Gasteiger partial charge >= 0.3 is 5.97 Å². The molecule has 1 amide bonds. The summed E-state index contributed by atoms with van der Waals surface area (Å²) in [4.78, 5) is 42.9. The summed E-state index contributed by atoms with van der Waals surface area (Å²) in [6.07, 6.45) is 1.47. The zero-order chi connectivity index (χ0) is 26.3. The van der Waals surface area contributed by atoms with E-state index in [1.807, 2.05) is 61.5 Å². The van der Waals surface area contributed by atoms with Gasteiger partial charge in [-0.2, -0.15) is 0 Å². The number of hydrogen-bond donors (Lipinski definition) is 1. The molecule has 3 aromatic rings. The van der Waals surface area contributed by atoms with Gasteiger partial charge in [0.15, 0.2) is 5.78 Å². The number of amides is 1. The maximum atomic E-state index is 14.4. The van der Waals surface area contributed by atoms with E-state index in [-0.39, 0.29) is 17.6 Å². The Morgan fingerprint density at radius 2 is 1.51 bits per heavy atom. The molecular formula is C31H31NO5. The number of hydrogen-bond acceptors (Lipinski definition) is 4. The van der Waals surface area contributed by atoms with Crippen LogP contribution in [0, 0.1) is 18.8 Å². The van der Waals surface area contributed by atoms with Crippen molar-refractivity contribution >= 4 is 17.7 Å². The minimum Gasteiger partial charge on any atom is -0.497 e. The molecule has 1 aliphatic carbocycles. The first-order valence-electron chi connectivity index (χ1n) is 12.6. The van der Waals surface area contributed by atoms with Crippen molar-refractivity contribution in [2.24, 2.45) is 11.8 Å². The van der Waals surface area contributed by atoms with E-state index in [2.05, 4.69) is 0 Å². The quantitative estimate of drug-likeness (QED) is 0.441. The first-order valence-corrected chi connectivity index (χ1v) is 12.6. The fraction of sp³-hybridized carbons (Fsp3) is 0.323. The second kappa shape index (κ2) is 9.51. The van der Waals surface area contributed by atoms with Gasteiger partial charge in [0.1, 0.15) is 11.3 Å². The number of carboxylic acids is 1. The number of carbonyl (C=O) groups excluding carboxylic acids is 2. The highest BCUT2D eigenvalue weighted by Gasteiger charge is 2.65. The van der Waals surface area contributed by atoms with Crippen LogP contribution in [-0.2, 0) is 9.59 Å². The van der Waals surface area contributed by atoms with Gasteiger partial charge in [0, 0.05) is 17.4 Å². The molecule has 6 nitrogen and oxygen atoms in total. The van der Waals surface area contributed by atoms with Crippen LogP contribution in [0.3, 0.4) is 0 Å². The standard InChI is InChI=1S/C31H31NO5/c1-19-9-11-21(12-10-19)27-25(28(33)22-15-17-24(37-3)18-16-22)26(20-7-5-4-6-8-20)31(2,30(35)36)32(27)29(34)23-13-14-23/h4-12,15-18,23,25-27H,13-14H2,1-3H3,(H,35,36). The molecule has 0 aromatic heterocycles. The van der Waals surface area contributed by atoms with Gasteiger partial charge in [0.25, 0.3) is 0 Å².